The molecule has 0 radical (unpaired) electrons. The van der Waals surface area contributed by atoms with E-state index in [9.17, 15) is 19.2 Å². The predicted octanol–water partition coefficient (Wildman–Crippen LogP) is 2.44. The van der Waals surface area contributed by atoms with E-state index in [0.717, 1.165) is 24.6 Å². The maximum absolute atomic E-state index is 15.5. The molecular weight excluding hydrogens is 449 g/mol. The van der Waals surface area contributed by atoms with E-state index in [1.54, 1.807) is 0 Å². The first-order valence-corrected chi connectivity index (χ1v) is 11.8. The number of nitrogens with zero attached hydrogens (tertiary/aromatic N) is 2. The van der Waals surface area contributed by atoms with Gasteiger partial charge in [-0.15, -0.1) is 0 Å². The second-order valence-electron chi connectivity index (χ2n) is 8.85. The highest BCUT2D eigenvalue weighted by molar-refractivity contribution is 8.02. The van der Waals surface area contributed by atoms with Crippen LogP contribution in [0.3, 0.4) is 0 Å². The Bertz CT molecular complexity index is 1290. The molecule has 2 aromatic rings. The molecule has 1 aromatic heterocycles. The molecule has 10 heteroatoms. The minimum Gasteiger partial charge on any atom is -0.492 e. The van der Waals surface area contributed by atoms with E-state index in [1.807, 2.05) is 9.47 Å². The molecule has 174 valence electrons. The number of benzene rings is 1. The third-order valence-corrected chi connectivity index (χ3v) is 7.84. The van der Waals surface area contributed by atoms with Gasteiger partial charge in [-0.05, 0) is 32.3 Å². The largest absolute Gasteiger partial charge is 0.492 e. The van der Waals surface area contributed by atoms with Crippen molar-refractivity contribution in [2.45, 2.75) is 55.5 Å². The lowest BCUT2D eigenvalue weighted by Gasteiger charge is -2.25. The molecule has 3 aliphatic rings. The SMILES string of the molecule is COc1c(N2CC[C@H](NC(C)=O)C2)c(F)cc2c(=O)c3c(n(C4CC4)c12)SC(C(C)=O)C3=O. The number of thioether (sulfide) groups is 1. The minimum absolute atomic E-state index is 0.0271. The highest BCUT2D eigenvalue weighted by Crippen LogP contribution is 2.49. The van der Waals surface area contributed by atoms with Crippen LogP contribution in [0.2, 0.25) is 0 Å². The smallest absolute Gasteiger partial charge is 0.217 e. The van der Waals surface area contributed by atoms with Crippen LogP contribution in [0.15, 0.2) is 15.9 Å². The third kappa shape index (κ3) is 3.42. The molecule has 1 saturated carbocycles. The van der Waals surface area contributed by atoms with Gasteiger partial charge < -0.3 is 19.5 Å². The van der Waals surface area contributed by atoms with E-state index < -0.39 is 22.3 Å². The Balaban J connectivity index is 1.74. The quantitative estimate of drug-likeness (QED) is 0.666. The van der Waals surface area contributed by atoms with Gasteiger partial charge in [0.05, 0.1) is 28.6 Å². The second kappa shape index (κ2) is 7.86. The number of hydrogen-bond donors (Lipinski definition) is 1. The molecule has 1 aliphatic carbocycles. The Morgan fingerprint density at radius 3 is 2.55 bits per heavy atom. The summed E-state index contributed by atoms with van der Waals surface area (Å²) >= 11 is 1.10. The third-order valence-electron chi connectivity index (χ3n) is 6.44. The van der Waals surface area contributed by atoms with Crippen LogP contribution in [-0.2, 0) is 9.59 Å². The molecule has 0 bridgehead atoms. The summed E-state index contributed by atoms with van der Waals surface area (Å²) in [7, 11) is 1.44. The zero-order valence-electron chi connectivity index (χ0n) is 18.6. The van der Waals surface area contributed by atoms with Crippen molar-refractivity contribution in [2.24, 2.45) is 0 Å². The number of amides is 1. The number of nitrogens with one attached hydrogen (secondary N) is 1. The van der Waals surface area contributed by atoms with E-state index in [0.29, 0.717) is 30.1 Å². The average molecular weight is 474 g/mol. The highest BCUT2D eigenvalue weighted by atomic mass is 32.2. The normalized spacial score (nSPS) is 22.1. The number of hydrogen-bond acceptors (Lipinski definition) is 7. The van der Waals surface area contributed by atoms with Gasteiger partial charge in [-0.2, -0.15) is 0 Å². The van der Waals surface area contributed by atoms with Gasteiger partial charge in [0.1, 0.15) is 10.9 Å². The fourth-order valence-electron chi connectivity index (χ4n) is 4.91. The Hall–Kier alpha value is -2.88. The van der Waals surface area contributed by atoms with Crippen molar-refractivity contribution in [1.82, 2.24) is 9.88 Å². The van der Waals surface area contributed by atoms with Gasteiger partial charge in [-0.1, -0.05) is 11.8 Å². The fraction of sp³-hybridized carbons (Fsp3) is 0.478. The van der Waals surface area contributed by atoms with Crippen LogP contribution in [-0.4, -0.2) is 53.5 Å². The molecule has 3 heterocycles. The summed E-state index contributed by atoms with van der Waals surface area (Å²) in [5.41, 5.74) is 0.0943. The number of fused-ring (bicyclic) bond motifs is 2. The number of ether oxygens (including phenoxy) is 1. The Morgan fingerprint density at radius 2 is 1.94 bits per heavy atom. The predicted molar refractivity (Wildman–Crippen MR) is 122 cm³/mol. The van der Waals surface area contributed by atoms with Gasteiger partial charge in [0, 0.05) is 32.1 Å². The summed E-state index contributed by atoms with van der Waals surface area (Å²) < 4.78 is 23.1. The van der Waals surface area contributed by atoms with Crippen molar-refractivity contribution in [3.63, 3.8) is 0 Å². The number of ketones is 2. The monoisotopic (exact) mass is 473 g/mol. The van der Waals surface area contributed by atoms with Gasteiger partial charge in [0.15, 0.2) is 23.1 Å². The molecule has 5 rings (SSSR count). The highest BCUT2D eigenvalue weighted by Gasteiger charge is 2.43. The molecule has 1 amide bonds. The number of aromatic nitrogens is 1. The zero-order chi connectivity index (χ0) is 23.6. The Labute approximate surface area is 193 Å². The number of methoxy groups -OCH3 is 1. The topological polar surface area (TPSA) is 97.7 Å². The van der Waals surface area contributed by atoms with Crippen LogP contribution in [0.4, 0.5) is 10.1 Å². The number of carbonyl (C=O) groups is 3. The van der Waals surface area contributed by atoms with E-state index in [-0.39, 0.29) is 46.2 Å². The molecule has 1 aromatic carbocycles. The van der Waals surface area contributed by atoms with Crippen LogP contribution in [0.25, 0.3) is 10.9 Å². The number of pyridine rings is 1. The number of Topliss-reactive ketones (excluding diaryl/α,β-unsaturated/α-hetero) is 2. The Morgan fingerprint density at radius 1 is 1.21 bits per heavy atom. The maximum atomic E-state index is 15.5. The molecule has 2 atom stereocenters. The summed E-state index contributed by atoms with van der Waals surface area (Å²) in [5.74, 6) is -1.35. The van der Waals surface area contributed by atoms with Gasteiger partial charge in [-0.25, -0.2) is 4.39 Å². The van der Waals surface area contributed by atoms with Crippen molar-refractivity contribution in [1.29, 1.82) is 0 Å². The van der Waals surface area contributed by atoms with Gasteiger partial charge >= 0.3 is 0 Å². The van der Waals surface area contributed by atoms with Crippen molar-refractivity contribution < 1.29 is 23.5 Å². The molecule has 0 spiro atoms. The Kier molecular flexibility index (Phi) is 5.23. The number of rotatable bonds is 5. The van der Waals surface area contributed by atoms with E-state index >= 15 is 4.39 Å². The molecule has 2 aliphatic heterocycles. The van der Waals surface area contributed by atoms with Gasteiger partial charge in [0.25, 0.3) is 0 Å². The van der Waals surface area contributed by atoms with Gasteiger partial charge in [0.2, 0.25) is 11.3 Å². The lowest BCUT2D eigenvalue weighted by Crippen LogP contribution is -2.35. The lowest BCUT2D eigenvalue weighted by molar-refractivity contribution is -0.119. The van der Waals surface area contributed by atoms with E-state index in [2.05, 4.69) is 5.32 Å². The summed E-state index contributed by atoms with van der Waals surface area (Å²) in [5, 5.41) is 2.45. The van der Waals surface area contributed by atoms with Crippen molar-refractivity contribution in [3.8, 4) is 5.75 Å². The second-order valence-corrected chi connectivity index (χ2v) is 9.95. The molecule has 8 nitrogen and oxygen atoms in total. The average Bonchev–Trinajstić information content (AvgIpc) is 3.38. The minimum atomic E-state index is -0.957. The zero-order valence-corrected chi connectivity index (χ0v) is 19.4. The fourth-order valence-corrected chi connectivity index (χ4v) is 6.19. The van der Waals surface area contributed by atoms with Gasteiger partial charge in [-0.3, -0.25) is 19.2 Å². The number of halogens is 1. The summed E-state index contributed by atoms with van der Waals surface area (Å²) in [6.07, 6.45) is 2.37. The molecule has 2 fully saturated rings. The molecule has 1 saturated heterocycles. The molecular formula is C23H24FN3O5S. The molecule has 1 unspecified atom stereocenters. The van der Waals surface area contributed by atoms with Crippen LogP contribution in [0.5, 0.6) is 5.75 Å². The van der Waals surface area contributed by atoms with E-state index in [1.165, 1.54) is 27.0 Å². The lowest BCUT2D eigenvalue weighted by atomic mass is 10.0. The first-order valence-electron chi connectivity index (χ1n) is 10.9. The van der Waals surface area contributed by atoms with Crippen LogP contribution in [0.1, 0.15) is 49.5 Å². The summed E-state index contributed by atoms with van der Waals surface area (Å²) in [6, 6.07) is 1.11. The maximum Gasteiger partial charge on any atom is 0.217 e. The van der Waals surface area contributed by atoms with E-state index in [4.69, 9.17) is 4.74 Å². The molecule has 1 N–H and O–H groups in total. The first kappa shape index (κ1) is 21.9. The number of carbonyl (C=O) groups excluding carboxylic acids is 3. The van der Waals surface area contributed by atoms with Crippen molar-refractivity contribution in [2.75, 3.05) is 25.1 Å². The molecule has 33 heavy (non-hydrogen) atoms. The van der Waals surface area contributed by atoms with Crippen molar-refractivity contribution in [3.05, 3.63) is 27.7 Å². The van der Waals surface area contributed by atoms with Crippen LogP contribution < -0.4 is 20.4 Å². The van der Waals surface area contributed by atoms with Crippen molar-refractivity contribution >= 4 is 45.8 Å². The van der Waals surface area contributed by atoms with Crippen LogP contribution in [0, 0.1) is 5.82 Å². The standard InChI is InChI=1S/C23H24FN3O5S/c1-10(28)22-20(31)16-19(30)14-8-15(24)18(26-7-6-12(9-26)25-11(2)29)21(32-3)17(14)27(13-4-5-13)23(16)33-22/h8,12-13,22H,4-7,9H2,1-3H3,(H,25,29)/t12-,22?/m0/s1. The summed E-state index contributed by atoms with van der Waals surface area (Å²) in [4.78, 5) is 51.6. The summed E-state index contributed by atoms with van der Waals surface area (Å²) in [6.45, 7) is 3.71. The first-order chi connectivity index (χ1) is 15.7. The van der Waals surface area contributed by atoms with Crippen LogP contribution >= 0.6 is 11.8 Å². The number of anilines is 1.